The van der Waals surface area contributed by atoms with Gasteiger partial charge in [0, 0.05) is 11.1 Å². The largest absolute Gasteiger partial charge is 0.451 e. The zero-order valence-electron chi connectivity index (χ0n) is 11.3. The molecule has 0 aliphatic rings. The first-order valence-electron chi connectivity index (χ1n) is 6.44. The molecule has 0 bridgehead atoms. The molecule has 0 spiro atoms. The molecule has 5 nitrogen and oxygen atoms in total. The van der Waals surface area contributed by atoms with E-state index in [1.54, 1.807) is 36.4 Å². The van der Waals surface area contributed by atoms with E-state index in [1.165, 1.54) is 6.07 Å². The minimum absolute atomic E-state index is 0.0944. The Kier molecular flexibility index (Phi) is 3.56. The quantitative estimate of drug-likeness (QED) is 0.711. The lowest BCUT2D eigenvalue weighted by molar-refractivity contribution is 0.0997. The summed E-state index contributed by atoms with van der Waals surface area (Å²) in [5.41, 5.74) is 6.59. The van der Waals surface area contributed by atoms with Gasteiger partial charge in [0.1, 0.15) is 5.58 Å². The molecule has 0 unspecified atom stereocenters. The molecule has 1 heterocycles. The average molecular weight is 315 g/mol. The number of nitrogens with two attached hydrogens (primary N) is 1. The lowest BCUT2D eigenvalue weighted by Crippen LogP contribution is -2.15. The molecule has 0 saturated carbocycles. The number of benzene rings is 2. The number of fused-ring (bicyclic) bond motifs is 1. The highest BCUT2D eigenvalue weighted by Gasteiger charge is 2.13. The van der Waals surface area contributed by atoms with Crippen molar-refractivity contribution in [3.05, 3.63) is 69.5 Å². The fourth-order valence-electron chi connectivity index (χ4n) is 2.04. The van der Waals surface area contributed by atoms with Crippen LogP contribution >= 0.6 is 11.6 Å². The van der Waals surface area contributed by atoms with Gasteiger partial charge in [-0.05, 0) is 30.3 Å². The second kappa shape index (κ2) is 5.54. The summed E-state index contributed by atoms with van der Waals surface area (Å²) in [4.78, 5) is 24.3. The molecular formula is C16H11ClN2O3. The van der Waals surface area contributed by atoms with Crippen LogP contribution in [0.2, 0.25) is 5.02 Å². The Labute approximate surface area is 130 Å². The van der Waals surface area contributed by atoms with Gasteiger partial charge in [0.15, 0.2) is 11.2 Å². The lowest BCUT2D eigenvalue weighted by atomic mass is 10.2. The predicted octanol–water partition coefficient (Wildman–Crippen LogP) is 3.28. The van der Waals surface area contributed by atoms with Gasteiger partial charge < -0.3 is 15.5 Å². The maximum atomic E-state index is 12.2. The van der Waals surface area contributed by atoms with Crippen molar-refractivity contribution >= 4 is 39.9 Å². The lowest BCUT2D eigenvalue weighted by Gasteiger charge is -2.07. The Bertz CT molecular complexity index is 934. The second-order valence-electron chi connectivity index (χ2n) is 4.66. The summed E-state index contributed by atoms with van der Waals surface area (Å²) in [5, 5.41) is 3.35. The van der Waals surface area contributed by atoms with E-state index < -0.39 is 5.91 Å². The van der Waals surface area contributed by atoms with Crippen LogP contribution in [0.1, 0.15) is 10.6 Å². The van der Waals surface area contributed by atoms with Gasteiger partial charge in [-0.2, -0.15) is 0 Å². The monoisotopic (exact) mass is 314 g/mol. The van der Waals surface area contributed by atoms with E-state index in [0.29, 0.717) is 27.4 Å². The van der Waals surface area contributed by atoms with Gasteiger partial charge >= 0.3 is 0 Å². The van der Waals surface area contributed by atoms with Crippen LogP contribution in [-0.4, -0.2) is 5.91 Å². The van der Waals surface area contributed by atoms with Crippen LogP contribution in [0.15, 0.2) is 57.7 Å². The molecule has 3 aromatic rings. The summed E-state index contributed by atoms with van der Waals surface area (Å²) < 4.78 is 5.46. The van der Waals surface area contributed by atoms with Gasteiger partial charge in [0.2, 0.25) is 0 Å². The highest BCUT2D eigenvalue weighted by Crippen LogP contribution is 2.20. The molecule has 3 N–H and O–H groups in total. The van der Waals surface area contributed by atoms with E-state index in [4.69, 9.17) is 21.8 Å². The smallest absolute Gasteiger partial charge is 0.291 e. The SMILES string of the molecule is Nc1ccccc1NC(=O)c1cc(=O)c2cc(Cl)ccc2o1. The first-order chi connectivity index (χ1) is 10.5. The van der Waals surface area contributed by atoms with Crippen molar-refractivity contribution in [2.45, 2.75) is 0 Å². The molecular weight excluding hydrogens is 304 g/mol. The Morgan fingerprint density at radius 3 is 2.68 bits per heavy atom. The highest BCUT2D eigenvalue weighted by atomic mass is 35.5. The summed E-state index contributed by atoms with van der Waals surface area (Å²) in [6.45, 7) is 0. The van der Waals surface area contributed by atoms with Crippen molar-refractivity contribution in [1.82, 2.24) is 0 Å². The van der Waals surface area contributed by atoms with Crippen molar-refractivity contribution in [1.29, 1.82) is 0 Å². The number of carbonyl (C=O) groups is 1. The normalized spacial score (nSPS) is 10.6. The molecule has 0 fully saturated rings. The molecule has 110 valence electrons. The number of para-hydroxylation sites is 2. The minimum atomic E-state index is -0.549. The minimum Gasteiger partial charge on any atom is -0.451 e. The third kappa shape index (κ3) is 2.66. The van der Waals surface area contributed by atoms with Crippen LogP contribution in [0.4, 0.5) is 11.4 Å². The first-order valence-corrected chi connectivity index (χ1v) is 6.81. The van der Waals surface area contributed by atoms with Gasteiger partial charge in [-0.25, -0.2) is 0 Å². The number of nitrogen functional groups attached to an aromatic ring is 1. The highest BCUT2D eigenvalue weighted by molar-refractivity contribution is 6.31. The summed E-state index contributed by atoms with van der Waals surface area (Å²) in [5.74, 6) is -0.644. The van der Waals surface area contributed by atoms with E-state index in [1.807, 2.05) is 0 Å². The van der Waals surface area contributed by atoms with Crippen molar-refractivity contribution in [3.63, 3.8) is 0 Å². The number of rotatable bonds is 2. The number of nitrogens with one attached hydrogen (secondary N) is 1. The van der Waals surface area contributed by atoms with Crippen molar-refractivity contribution in [3.8, 4) is 0 Å². The zero-order valence-corrected chi connectivity index (χ0v) is 12.1. The van der Waals surface area contributed by atoms with Gasteiger partial charge in [-0.3, -0.25) is 9.59 Å². The van der Waals surface area contributed by atoms with Crippen molar-refractivity contribution in [2.75, 3.05) is 11.1 Å². The summed E-state index contributed by atoms with van der Waals surface area (Å²) in [6, 6.07) is 12.6. The van der Waals surface area contributed by atoms with E-state index in [0.717, 1.165) is 6.07 Å². The summed E-state index contributed by atoms with van der Waals surface area (Å²) >= 11 is 5.84. The molecule has 1 amide bonds. The fraction of sp³-hybridized carbons (Fsp3) is 0. The first kappa shape index (κ1) is 14.2. The number of hydrogen-bond acceptors (Lipinski definition) is 4. The van der Waals surface area contributed by atoms with Gasteiger partial charge in [0.05, 0.1) is 16.8 Å². The molecule has 0 saturated heterocycles. The van der Waals surface area contributed by atoms with Gasteiger partial charge in [-0.15, -0.1) is 0 Å². The predicted molar refractivity (Wildman–Crippen MR) is 86.3 cm³/mol. The fourth-order valence-corrected chi connectivity index (χ4v) is 2.21. The van der Waals surface area contributed by atoms with Crippen LogP contribution in [0.5, 0.6) is 0 Å². The van der Waals surface area contributed by atoms with Crippen LogP contribution in [-0.2, 0) is 0 Å². The maximum Gasteiger partial charge on any atom is 0.291 e. The number of anilines is 2. The Morgan fingerprint density at radius 1 is 1.14 bits per heavy atom. The average Bonchev–Trinajstić information content (AvgIpc) is 2.50. The van der Waals surface area contributed by atoms with E-state index in [-0.39, 0.29) is 11.2 Å². The molecule has 1 aromatic heterocycles. The third-order valence-corrected chi connectivity index (χ3v) is 3.36. The van der Waals surface area contributed by atoms with Crippen LogP contribution in [0.3, 0.4) is 0 Å². The van der Waals surface area contributed by atoms with Crippen LogP contribution in [0.25, 0.3) is 11.0 Å². The third-order valence-electron chi connectivity index (χ3n) is 3.12. The summed E-state index contributed by atoms with van der Waals surface area (Å²) in [7, 11) is 0. The second-order valence-corrected chi connectivity index (χ2v) is 5.09. The molecule has 0 atom stereocenters. The molecule has 0 radical (unpaired) electrons. The molecule has 6 heteroatoms. The molecule has 0 aliphatic heterocycles. The number of hydrogen-bond donors (Lipinski definition) is 2. The van der Waals surface area contributed by atoms with E-state index in [2.05, 4.69) is 5.32 Å². The molecule has 2 aromatic carbocycles. The van der Waals surface area contributed by atoms with E-state index in [9.17, 15) is 9.59 Å². The van der Waals surface area contributed by atoms with Gasteiger partial charge in [0.25, 0.3) is 5.91 Å². The zero-order chi connectivity index (χ0) is 15.7. The standard InChI is InChI=1S/C16H11ClN2O3/c17-9-5-6-14-10(7-9)13(20)8-15(22-14)16(21)19-12-4-2-1-3-11(12)18/h1-8H,18H2,(H,19,21). The number of halogens is 1. The van der Waals surface area contributed by atoms with Crippen LogP contribution < -0.4 is 16.5 Å². The molecule has 0 aliphatic carbocycles. The number of amides is 1. The maximum absolute atomic E-state index is 12.2. The Morgan fingerprint density at radius 2 is 1.91 bits per heavy atom. The van der Waals surface area contributed by atoms with Crippen molar-refractivity contribution in [2.24, 2.45) is 0 Å². The Hall–Kier alpha value is -2.79. The van der Waals surface area contributed by atoms with Crippen molar-refractivity contribution < 1.29 is 9.21 Å². The number of carbonyl (C=O) groups excluding carboxylic acids is 1. The van der Waals surface area contributed by atoms with Gasteiger partial charge in [-0.1, -0.05) is 23.7 Å². The molecule has 22 heavy (non-hydrogen) atoms. The van der Waals surface area contributed by atoms with Crippen LogP contribution in [0, 0.1) is 0 Å². The Balaban J connectivity index is 2.00. The molecule has 3 rings (SSSR count). The topological polar surface area (TPSA) is 85.3 Å². The summed E-state index contributed by atoms with van der Waals surface area (Å²) in [6.07, 6.45) is 0. The van der Waals surface area contributed by atoms with E-state index >= 15 is 0 Å².